The summed E-state index contributed by atoms with van der Waals surface area (Å²) >= 11 is 0.662. The molecule has 0 unspecified atom stereocenters. The Morgan fingerprint density at radius 3 is 2.11 bits per heavy atom. The molecule has 1 heteroatoms. The molecule has 1 aliphatic rings. The van der Waals surface area contributed by atoms with E-state index in [9.17, 15) is 0 Å². The van der Waals surface area contributed by atoms with Crippen LogP contribution in [0, 0.1) is 11.8 Å². The third kappa shape index (κ3) is 2.44. The Bertz CT molecular complexity index is 72.6. The van der Waals surface area contributed by atoms with Gasteiger partial charge in [0.05, 0.1) is 0 Å². The van der Waals surface area contributed by atoms with Crippen LogP contribution >= 0.6 is 0 Å². The predicted molar refractivity (Wildman–Crippen MR) is 37.3 cm³/mol. The van der Waals surface area contributed by atoms with Gasteiger partial charge in [0.25, 0.3) is 0 Å². The molecule has 0 N–H and O–H groups in total. The van der Waals surface area contributed by atoms with E-state index in [0.29, 0.717) is 21.2 Å². The summed E-state index contributed by atoms with van der Waals surface area (Å²) in [5.41, 5.74) is 0. The van der Waals surface area contributed by atoms with Crippen LogP contribution in [-0.4, -0.2) is 8.86 Å². The van der Waals surface area contributed by atoms with Crippen LogP contribution in [0.25, 0.3) is 0 Å². The van der Waals surface area contributed by atoms with Crippen molar-refractivity contribution in [1.82, 2.24) is 0 Å². The quantitative estimate of drug-likeness (QED) is 0.412. The molecule has 0 spiro atoms. The van der Waals surface area contributed by atoms with Crippen molar-refractivity contribution in [2.24, 2.45) is 11.8 Å². The van der Waals surface area contributed by atoms with Gasteiger partial charge in [-0.2, -0.15) is 0 Å². The Balaban J connectivity index is 2.23. The van der Waals surface area contributed by atoms with Crippen molar-refractivity contribution >= 4 is 0 Å². The van der Waals surface area contributed by atoms with Gasteiger partial charge in [0.15, 0.2) is 0 Å². The average molecular weight is 239 g/mol. The van der Waals surface area contributed by atoms with E-state index in [1.807, 2.05) is 0 Å². The zero-order valence-corrected chi connectivity index (χ0v) is 8.52. The summed E-state index contributed by atoms with van der Waals surface area (Å²) in [6.07, 6.45) is 3.09. The SMILES string of the molecule is CC(C)C1CC[I-]CC1. The zero-order chi connectivity index (χ0) is 6.69. The molecule has 0 bridgehead atoms. The molecule has 1 saturated heterocycles. The van der Waals surface area contributed by atoms with E-state index in [-0.39, 0.29) is 0 Å². The Kier molecular flexibility index (Phi) is 3.30. The van der Waals surface area contributed by atoms with Crippen LogP contribution in [0.2, 0.25) is 0 Å². The summed E-state index contributed by atoms with van der Waals surface area (Å²) in [5.74, 6) is 2.03. The van der Waals surface area contributed by atoms with Crippen LogP contribution in [0.15, 0.2) is 0 Å². The molecule has 9 heavy (non-hydrogen) atoms. The summed E-state index contributed by atoms with van der Waals surface area (Å²) in [4.78, 5) is 0. The molecule has 1 fully saturated rings. The maximum atomic E-state index is 2.37. The molecule has 0 aromatic heterocycles. The summed E-state index contributed by atoms with van der Waals surface area (Å²) in [7, 11) is 0. The first-order valence-electron chi connectivity index (χ1n) is 3.84. The minimum atomic E-state index is 0.662. The minimum absolute atomic E-state index is 0.662. The van der Waals surface area contributed by atoms with Crippen LogP contribution in [0.5, 0.6) is 0 Å². The summed E-state index contributed by atoms with van der Waals surface area (Å²) in [6, 6.07) is 0. The van der Waals surface area contributed by atoms with Gasteiger partial charge in [-0.25, -0.2) is 0 Å². The van der Waals surface area contributed by atoms with Crippen LogP contribution in [0.4, 0.5) is 0 Å². The second-order valence-corrected chi connectivity index (χ2v) is 6.38. The molecule has 1 heterocycles. The van der Waals surface area contributed by atoms with Gasteiger partial charge in [0.2, 0.25) is 0 Å². The van der Waals surface area contributed by atoms with Crippen LogP contribution in [-0.2, 0) is 0 Å². The van der Waals surface area contributed by atoms with Crippen molar-refractivity contribution in [3.63, 3.8) is 0 Å². The molecule has 1 rings (SSSR count). The number of alkyl halides is 2. The molecule has 0 amide bonds. The standard InChI is InChI=1S/C8H16I/c1-7(2)8-3-5-9-6-4-8/h7-8H,3-6H2,1-2H3/q-1. The van der Waals surface area contributed by atoms with Crippen molar-refractivity contribution in [3.05, 3.63) is 0 Å². The van der Waals surface area contributed by atoms with Gasteiger partial charge < -0.3 is 0 Å². The normalized spacial score (nSPS) is 23.9. The van der Waals surface area contributed by atoms with Crippen molar-refractivity contribution in [2.45, 2.75) is 26.7 Å². The molecular weight excluding hydrogens is 223 g/mol. The Hall–Kier alpha value is 0.730. The summed E-state index contributed by atoms with van der Waals surface area (Å²) in [6.45, 7) is 4.74. The third-order valence-corrected chi connectivity index (χ3v) is 4.94. The van der Waals surface area contributed by atoms with Gasteiger partial charge in [-0.15, -0.1) is 0 Å². The Morgan fingerprint density at radius 1 is 1.22 bits per heavy atom. The fourth-order valence-corrected chi connectivity index (χ4v) is 4.36. The van der Waals surface area contributed by atoms with Gasteiger partial charge in [0.1, 0.15) is 0 Å². The Labute approximate surface area is 68.7 Å². The van der Waals surface area contributed by atoms with Crippen molar-refractivity contribution in [3.8, 4) is 0 Å². The molecule has 1 aliphatic heterocycles. The number of hydrogen-bond donors (Lipinski definition) is 0. The van der Waals surface area contributed by atoms with Gasteiger partial charge in [-0.05, 0) is 0 Å². The second-order valence-electron chi connectivity index (χ2n) is 3.15. The maximum absolute atomic E-state index is 2.37. The number of rotatable bonds is 1. The van der Waals surface area contributed by atoms with Crippen molar-refractivity contribution < 1.29 is 21.2 Å². The molecule has 0 nitrogen and oxygen atoms in total. The molecule has 56 valence electrons. The first kappa shape index (κ1) is 7.83. The van der Waals surface area contributed by atoms with E-state index in [0.717, 1.165) is 11.8 Å². The molecule has 0 radical (unpaired) electrons. The molecule has 0 aliphatic carbocycles. The zero-order valence-electron chi connectivity index (χ0n) is 6.36. The average Bonchev–Trinajstić information content (AvgIpc) is 1.90. The van der Waals surface area contributed by atoms with Crippen LogP contribution in [0.1, 0.15) is 26.7 Å². The van der Waals surface area contributed by atoms with E-state index in [4.69, 9.17) is 0 Å². The van der Waals surface area contributed by atoms with Gasteiger partial charge in [-0.1, -0.05) is 0 Å². The van der Waals surface area contributed by atoms with Crippen molar-refractivity contribution in [1.29, 1.82) is 0 Å². The molecule has 0 atom stereocenters. The van der Waals surface area contributed by atoms with E-state index >= 15 is 0 Å². The topological polar surface area (TPSA) is 0 Å². The predicted octanol–water partition coefficient (Wildman–Crippen LogP) is -0.859. The van der Waals surface area contributed by atoms with E-state index in [1.54, 1.807) is 21.7 Å². The van der Waals surface area contributed by atoms with Crippen LogP contribution < -0.4 is 21.2 Å². The summed E-state index contributed by atoms with van der Waals surface area (Å²) < 4.78 is 3.20. The van der Waals surface area contributed by atoms with E-state index in [2.05, 4.69) is 13.8 Å². The first-order chi connectivity index (χ1) is 4.30. The summed E-state index contributed by atoms with van der Waals surface area (Å²) in [5, 5.41) is 0. The Morgan fingerprint density at radius 2 is 1.78 bits per heavy atom. The van der Waals surface area contributed by atoms with E-state index in [1.165, 1.54) is 0 Å². The fourth-order valence-electron chi connectivity index (χ4n) is 1.34. The number of hydrogen-bond acceptors (Lipinski definition) is 0. The van der Waals surface area contributed by atoms with E-state index < -0.39 is 0 Å². The number of halogens is 1. The first-order valence-corrected chi connectivity index (χ1v) is 6.89. The molecular formula is C8H16I-. The van der Waals surface area contributed by atoms with Gasteiger partial charge in [-0.3, -0.25) is 0 Å². The van der Waals surface area contributed by atoms with Gasteiger partial charge >= 0.3 is 68.6 Å². The molecule has 0 aromatic carbocycles. The fraction of sp³-hybridized carbons (Fsp3) is 1.00. The monoisotopic (exact) mass is 239 g/mol. The molecule has 0 aromatic rings. The molecule has 0 saturated carbocycles. The van der Waals surface area contributed by atoms with Crippen LogP contribution in [0.3, 0.4) is 0 Å². The third-order valence-electron chi connectivity index (χ3n) is 2.17. The van der Waals surface area contributed by atoms with Gasteiger partial charge in [0, 0.05) is 0 Å². The van der Waals surface area contributed by atoms with Crippen molar-refractivity contribution in [2.75, 3.05) is 8.86 Å². The second kappa shape index (κ2) is 3.79.